The lowest BCUT2D eigenvalue weighted by Gasteiger charge is -1.91. The van der Waals surface area contributed by atoms with E-state index >= 15 is 0 Å². The van der Waals surface area contributed by atoms with Crippen LogP contribution in [-0.2, 0) is 0 Å². The molecule has 1 N–H and O–H groups in total. The summed E-state index contributed by atoms with van der Waals surface area (Å²) < 4.78 is 1.27. The van der Waals surface area contributed by atoms with Gasteiger partial charge in [-0.3, -0.25) is 0 Å². The standard InChI is InChI=1S/C6H8N2/c1-6-2-4-8(7)5-3-6/h2-5,7H,1H3. The fourth-order valence-electron chi connectivity index (χ4n) is 0.501. The quantitative estimate of drug-likeness (QED) is 0.445. The average Bonchev–Trinajstić information content (AvgIpc) is 1.77. The van der Waals surface area contributed by atoms with Crippen molar-refractivity contribution in [2.24, 2.45) is 0 Å². The number of pyridine rings is 1. The molecule has 42 valence electrons. The van der Waals surface area contributed by atoms with Crippen LogP contribution in [0.25, 0.3) is 5.84 Å². The van der Waals surface area contributed by atoms with Crippen molar-refractivity contribution in [1.29, 1.82) is 0 Å². The molecule has 0 aliphatic rings. The molecule has 1 aromatic heterocycles. The molecule has 0 amide bonds. The van der Waals surface area contributed by atoms with E-state index in [4.69, 9.17) is 5.84 Å². The first-order valence-corrected chi connectivity index (χ1v) is 2.48. The smallest absolute Gasteiger partial charge is 0.164 e. The van der Waals surface area contributed by atoms with E-state index in [2.05, 4.69) is 0 Å². The Kier molecular flexibility index (Phi) is 1.16. The summed E-state index contributed by atoms with van der Waals surface area (Å²) in [5.74, 6) is 7.01. The molecule has 1 aromatic rings. The number of rotatable bonds is 0. The largest absolute Gasteiger partial charge is 0.449 e. The van der Waals surface area contributed by atoms with Gasteiger partial charge in [-0.15, -0.1) is 0 Å². The Morgan fingerprint density at radius 1 is 1.38 bits per heavy atom. The van der Waals surface area contributed by atoms with Gasteiger partial charge in [0, 0.05) is 12.1 Å². The molecule has 0 aromatic carbocycles. The molecule has 1 rings (SSSR count). The van der Waals surface area contributed by atoms with Crippen molar-refractivity contribution in [2.75, 3.05) is 0 Å². The monoisotopic (exact) mass is 108 g/mol. The van der Waals surface area contributed by atoms with Crippen LogP contribution in [0, 0.1) is 6.92 Å². The molecule has 0 spiro atoms. The van der Waals surface area contributed by atoms with Crippen molar-refractivity contribution < 1.29 is 4.68 Å². The number of nitrogens with zero attached hydrogens (tertiary/aromatic N) is 1. The van der Waals surface area contributed by atoms with Crippen LogP contribution < -0.4 is 4.68 Å². The van der Waals surface area contributed by atoms with Crippen LogP contribution in [0.2, 0.25) is 0 Å². The van der Waals surface area contributed by atoms with E-state index < -0.39 is 0 Å². The number of nitrogens with one attached hydrogen (secondary N) is 1. The van der Waals surface area contributed by atoms with Crippen molar-refractivity contribution >= 4 is 0 Å². The lowest BCUT2D eigenvalue weighted by molar-refractivity contribution is -0.605. The Bertz CT molecular complexity index is 145. The summed E-state index contributed by atoms with van der Waals surface area (Å²) >= 11 is 0. The molecule has 0 saturated heterocycles. The van der Waals surface area contributed by atoms with Gasteiger partial charge in [0.25, 0.3) is 0 Å². The van der Waals surface area contributed by atoms with Crippen LogP contribution in [0.15, 0.2) is 24.5 Å². The van der Waals surface area contributed by atoms with Crippen molar-refractivity contribution in [3.8, 4) is 0 Å². The van der Waals surface area contributed by atoms with E-state index in [1.807, 2.05) is 19.1 Å². The van der Waals surface area contributed by atoms with Crippen LogP contribution in [0.5, 0.6) is 0 Å². The first-order valence-electron chi connectivity index (χ1n) is 2.48. The van der Waals surface area contributed by atoms with E-state index in [1.54, 1.807) is 12.4 Å². The van der Waals surface area contributed by atoms with Gasteiger partial charge in [-0.2, -0.15) is 0 Å². The molecule has 0 atom stereocenters. The Morgan fingerprint density at radius 2 is 1.88 bits per heavy atom. The Labute approximate surface area is 48.5 Å². The van der Waals surface area contributed by atoms with Crippen molar-refractivity contribution in [3.05, 3.63) is 35.9 Å². The minimum Gasteiger partial charge on any atom is -0.449 e. The highest BCUT2D eigenvalue weighted by molar-refractivity contribution is 5.03. The third kappa shape index (κ3) is 0.964. The van der Waals surface area contributed by atoms with Gasteiger partial charge in [0.15, 0.2) is 12.4 Å². The van der Waals surface area contributed by atoms with Crippen LogP contribution >= 0.6 is 0 Å². The average molecular weight is 108 g/mol. The fourth-order valence-corrected chi connectivity index (χ4v) is 0.501. The Balaban J connectivity index is 3.03. The topological polar surface area (TPSA) is 27.7 Å². The van der Waals surface area contributed by atoms with Gasteiger partial charge in [-0.25, -0.2) is 4.68 Å². The van der Waals surface area contributed by atoms with Gasteiger partial charge in [-0.1, -0.05) is 0 Å². The SMILES string of the molecule is Cc1cc[n+]([NH-])cc1. The van der Waals surface area contributed by atoms with Crippen LogP contribution in [0.4, 0.5) is 0 Å². The Morgan fingerprint density at radius 3 is 2.25 bits per heavy atom. The highest BCUT2D eigenvalue weighted by Crippen LogP contribution is 1.88. The minimum absolute atomic E-state index is 1.19. The third-order valence-corrected chi connectivity index (χ3v) is 0.996. The molecule has 0 radical (unpaired) electrons. The van der Waals surface area contributed by atoms with Gasteiger partial charge in [0.1, 0.15) is 0 Å². The number of hydrogen-bond acceptors (Lipinski definition) is 0. The molecule has 2 heteroatoms. The molecule has 0 aliphatic heterocycles. The predicted molar refractivity (Wildman–Crippen MR) is 31.1 cm³/mol. The summed E-state index contributed by atoms with van der Waals surface area (Å²) in [4.78, 5) is 0. The van der Waals surface area contributed by atoms with Gasteiger partial charge in [0.05, 0.1) is 0 Å². The number of aryl methyl sites for hydroxylation is 1. The van der Waals surface area contributed by atoms with Crippen molar-refractivity contribution in [1.82, 2.24) is 0 Å². The Hall–Kier alpha value is -1.05. The van der Waals surface area contributed by atoms with Crippen LogP contribution in [0.3, 0.4) is 0 Å². The molecular formula is C6H8N2. The lowest BCUT2D eigenvalue weighted by atomic mass is 10.3. The molecular weight excluding hydrogens is 100 g/mol. The summed E-state index contributed by atoms with van der Waals surface area (Å²) in [6.45, 7) is 2.00. The van der Waals surface area contributed by atoms with Gasteiger partial charge >= 0.3 is 0 Å². The van der Waals surface area contributed by atoms with E-state index in [1.165, 1.54) is 10.2 Å². The molecule has 8 heavy (non-hydrogen) atoms. The third-order valence-electron chi connectivity index (χ3n) is 0.996. The van der Waals surface area contributed by atoms with E-state index in [-0.39, 0.29) is 0 Å². The van der Waals surface area contributed by atoms with Gasteiger partial charge < -0.3 is 5.84 Å². The van der Waals surface area contributed by atoms with Gasteiger partial charge in [-0.05, 0) is 12.5 Å². The van der Waals surface area contributed by atoms with E-state index in [0.29, 0.717) is 0 Å². The predicted octanol–water partition coefficient (Wildman–Crippen LogP) is 1.10. The maximum absolute atomic E-state index is 7.01. The maximum Gasteiger partial charge on any atom is 0.164 e. The zero-order valence-corrected chi connectivity index (χ0v) is 4.76. The molecule has 0 saturated carbocycles. The summed E-state index contributed by atoms with van der Waals surface area (Å²) in [7, 11) is 0. The molecule has 0 aliphatic carbocycles. The zero-order chi connectivity index (χ0) is 5.98. The molecule has 0 bridgehead atoms. The molecule has 0 unspecified atom stereocenters. The summed E-state index contributed by atoms with van der Waals surface area (Å²) in [6, 6.07) is 3.79. The highest BCUT2D eigenvalue weighted by atomic mass is 15.3. The molecule has 1 heterocycles. The van der Waals surface area contributed by atoms with E-state index in [9.17, 15) is 0 Å². The summed E-state index contributed by atoms with van der Waals surface area (Å²) in [5.41, 5.74) is 1.19. The summed E-state index contributed by atoms with van der Waals surface area (Å²) in [6.07, 6.45) is 3.41. The second-order valence-corrected chi connectivity index (χ2v) is 1.78. The first-order chi connectivity index (χ1) is 3.79. The van der Waals surface area contributed by atoms with Crippen molar-refractivity contribution in [2.45, 2.75) is 6.92 Å². The molecule has 0 fully saturated rings. The number of hydrogen-bond donors (Lipinski definition) is 0. The number of aromatic nitrogens is 1. The van der Waals surface area contributed by atoms with Crippen molar-refractivity contribution in [3.63, 3.8) is 0 Å². The second-order valence-electron chi connectivity index (χ2n) is 1.78. The summed E-state index contributed by atoms with van der Waals surface area (Å²) in [5, 5.41) is 0. The minimum atomic E-state index is 1.19. The van der Waals surface area contributed by atoms with Crippen LogP contribution in [-0.4, -0.2) is 0 Å². The second kappa shape index (κ2) is 1.82. The zero-order valence-electron chi connectivity index (χ0n) is 4.76. The van der Waals surface area contributed by atoms with E-state index in [0.717, 1.165) is 0 Å². The highest BCUT2D eigenvalue weighted by Gasteiger charge is 1.82. The normalized spacial score (nSPS) is 9.12. The lowest BCUT2D eigenvalue weighted by Crippen LogP contribution is -2.20. The first kappa shape index (κ1) is 5.09. The fraction of sp³-hybridized carbons (Fsp3) is 0.167. The molecule has 2 nitrogen and oxygen atoms in total. The maximum atomic E-state index is 7.01. The van der Waals surface area contributed by atoms with Crippen LogP contribution in [0.1, 0.15) is 5.56 Å². The van der Waals surface area contributed by atoms with Gasteiger partial charge in [0.2, 0.25) is 0 Å².